The highest BCUT2D eigenvalue weighted by Crippen LogP contribution is 2.20. The summed E-state index contributed by atoms with van der Waals surface area (Å²) in [5.74, 6) is 0.925. The number of rotatable bonds is 7. The van der Waals surface area contributed by atoms with Crippen molar-refractivity contribution >= 4 is 5.69 Å². The van der Waals surface area contributed by atoms with Gasteiger partial charge >= 0.3 is 0 Å². The van der Waals surface area contributed by atoms with Crippen LogP contribution in [0.15, 0.2) is 24.3 Å². The van der Waals surface area contributed by atoms with E-state index in [4.69, 9.17) is 4.74 Å². The maximum Gasteiger partial charge on any atom is 0.119 e. The van der Waals surface area contributed by atoms with Crippen molar-refractivity contribution in [2.75, 3.05) is 51.3 Å². The van der Waals surface area contributed by atoms with Gasteiger partial charge in [0, 0.05) is 44.5 Å². The third kappa shape index (κ3) is 4.61. The Balaban J connectivity index is 1.82. The number of nitrogens with zero attached hydrogens (tertiary/aromatic N) is 2. The second kappa shape index (κ2) is 8.25. The molecule has 4 nitrogen and oxygen atoms in total. The standard InChI is InChI=1S/C17H29N3O/c1-4-15(18-5-2)14-19-10-12-20(13-11-19)16-6-8-17(21-3)9-7-16/h6-9,15,18H,4-5,10-14H2,1-3H3. The van der Waals surface area contributed by atoms with Crippen molar-refractivity contribution in [3.8, 4) is 5.75 Å². The van der Waals surface area contributed by atoms with E-state index in [0.29, 0.717) is 6.04 Å². The van der Waals surface area contributed by atoms with Gasteiger partial charge in [0.05, 0.1) is 7.11 Å². The number of nitrogens with one attached hydrogen (secondary N) is 1. The van der Waals surface area contributed by atoms with E-state index < -0.39 is 0 Å². The predicted octanol–water partition coefficient (Wildman–Crippen LogP) is 2.21. The predicted molar refractivity (Wildman–Crippen MR) is 89.4 cm³/mol. The summed E-state index contributed by atoms with van der Waals surface area (Å²) in [6, 6.07) is 9.02. The average Bonchev–Trinajstić information content (AvgIpc) is 2.55. The molecular formula is C17H29N3O. The van der Waals surface area contributed by atoms with E-state index in [9.17, 15) is 0 Å². The molecule has 1 saturated heterocycles. The Morgan fingerprint density at radius 1 is 1.10 bits per heavy atom. The monoisotopic (exact) mass is 291 g/mol. The van der Waals surface area contributed by atoms with E-state index in [0.717, 1.165) is 38.5 Å². The zero-order valence-corrected chi connectivity index (χ0v) is 13.6. The van der Waals surface area contributed by atoms with Gasteiger partial charge in [-0.15, -0.1) is 0 Å². The van der Waals surface area contributed by atoms with Gasteiger partial charge in [-0.05, 0) is 37.2 Å². The molecule has 1 fully saturated rings. The Hall–Kier alpha value is -1.26. The molecule has 0 saturated carbocycles. The molecule has 0 bridgehead atoms. The smallest absolute Gasteiger partial charge is 0.119 e. The van der Waals surface area contributed by atoms with Crippen LogP contribution in [0.3, 0.4) is 0 Å². The summed E-state index contributed by atoms with van der Waals surface area (Å²) in [6.45, 7) is 11.2. The molecule has 4 heteroatoms. The maximum atomic E-state index is 5.22. The summed E-state index contributed by atoms with van der Waals surface area (Å²) in [7, 11) is 1.71. The second-order valence-electron chi connectivity index (χ2n) is 5.65. The number of likely N-dealkylation sites (N-methyl/N-ethyl adjacent to an activating group) is 1. The van der Waals surface area contributed by atoms with Crippen molar-refractivity contribution in [3.05, 3.63) is 24.3 Å². The summed E-state index contributed by atoms with van der Waals surface area (Å²) >= 11 is 0. The lowest BCUT2D eigenvalue weighted by Crippen LogP contribution is -2.50. The molecule has 1 unspecified atom stereocenters. The van der Waals surface area contributed by atoms with E-state index in [2.05, 4.69) is 41.1 Å². The normalized spacial score (nSPS) is 17.8. The number of piperazine rings is 1. The fourth-order valence-electron chi connectivity index (χ4n) is 2.92. The Bertz CT molecular complexity index is 399. The third-order valence-corrected chi connectivity index (χ3v) is 4.27. The van der Waals surface area contributed by atoms with Crippen molar-refractivity contribution in [2.45, 2.75) is 26.3 Å². The van der Waals surface area contributed by atoms with Gasteiger partial charge in [-0.1, -0.05) is 13.8 Å². The highest BCUT2D eigenvalue weighted by Gasteiger charge is 2.19. The molecular weight excluding hydrogens is 262 g/mol. The topological polar surface area (TPSA) is 27.7 Å². The van der Waals surface area contributed by atoms with Crippen molar-refractivity contribution in [1.82, 2.24) is 10.2 Å². The van der Waals surface area contributed by atoms with Crippen LogP contribution in [0.2, 0.25) is 0 Å². The molecule has 1 atom stereocenters. The van der Waals surface area contributed by atoms with E-state index in [1.54, 1.807) is 7.11 Å². The highest BCUT2D eigenvalue weighted by molar-refractivity contribution is 5.49. The maximum absolute atomic E-state index is 5.22. The minimum absolute atomic E-state index is 0.627. The number of ether oxygens (including phenoxy) is 1. The molecule has 0 amide bonds. The number of anilines is 1. The fraction of sp³-hybridized carbons (Fsp3) is 0.647. The van der Waals surface area contributed by atoms with Crippen LogP contribution in [0.4, 0.5) is 5.69 Å². The Morgan fingerprint density at radius 3 is 2.29 bits per heavy atom. The summed E-state index contributed by atoms with van der Waals surface area (Å²) < 4.78 is 5.22. The number of methoxy groups -OCH3 is 1. The first-order valence-electron chi connectivity index (χ1n) is 8.11. The molecule has 0 aromatic heterocycles. The fourth-order valence-corrected chi connectivity index (χ4v) is 2.92. The molecule has 1 heterocycles. The van der Waals surface area contributed by atoms with Crippen LogP contribution in [0.25, 0.3) is 0 Å². The second-order valence-corrected chi connectivity index (χ2v) is 5.65. The van der Waals surface area contributed by atoms with Gasteiger partial charge in [-0.2, -0.15) is 0 Å². The molecule has 0 aliphatic carbocycles. The summed E-state index contributed by atoms with van der Waals surface area (Å²) in [4.78, 5) is 5.04. The SMILES string of the molecule is CCNC(CC)CN1CCN(c2ccc(OC)cc2)CC1. The largest absolute Gasteiger partial charge is 0.497 e. The average molecular weight is 291 g/mol. The van der Waals surface area contributed by atoms with Crippen LogP contribution in [-0.2, 0) is 0 Å². The molecule has 1 aliphatic rings. The number of hydrogen-bond acceptors (Lipinski definition) is 4. The minimum atomic E-state index is 0.627. The first-order chi connectivity index (χ1) is 10.3. The molecule has 21 heavy (non-hydrogen) atoms. The lowest BCUT2D eigenvalue weighted by atomic mass is 10.2. The van der Waals surface area contributed by atoms with E-state index >= 15 is 0 Å². The molecule has 1 aromatic carbocycles. The first-order valence-corrected chi connectivity index (χ1v) is 8.11. The zero-order chi connectivity index (χ0) is 15.1. The summed E-state index contributed by atoms with van der Waals surface area (Å²) in [6.07, 6.45) is 1.20. The highest BCUT2D eigenvalue weighted by atomic mass is 16.5. The quantitative estimate of drug-likeness (QED) is 0.833. The van der Waals surface area contributed by atoms with Gasteiger partial charge in [0.25, 0.3) is 0 Å². The molecule has 2 rings (SSSR count). The lowest BCUT2D eigenvalue weighted by Gasteiger charge is -2.37. The molecule has 0 radical (unpaired) electrons. The number of benzene rings is 1. The Labute approximate surface area is 129 Å². The van der Waals surface area contributed by atoms with Crippen LogP contribution in [0.5, 0.6) is 5.75 Å². The molecule has 1 aromatic rings. The van der Waals surface area contributed by atoms with Crippen molar-refractivity contribution in [2.24, 2.45) is 0 Å². The summed E-state index contributed by atoms with van der Waals surface area (Å²) in [5.41, 5.74) is 1.30. The van der Waals surface area contributed by atoms with E-state index in [-0.39, 0.29) is 0 Å². The van der Waals surface area contributed by atoms with Gasteiger partial charge in [-0.3, -0.25) is 4.90 Å². The van der Waals surface area contributed by atoms with E-state index in [1.165, 1.54) is 18.7 Å². The van der Waals surface area contributed by atoms with Gasteiger partial charge in [0.15, 0.2) is 0 Å². The van der Waals surface area contributed by atoms with Gasteiger partial charge in [0.2, 0.25) is 0 Å². The van der Waals surface area contributed by atoms with Gasteiger partial charge in [-0.25, -0.2) is 0 Å². The summed E-state index contributed by atoms with van der Waals surface area (Å²) in [5, 5.41) is 3.57. The molecule has 1 aliphatic heterocycles. The Morgan fingerprint density at radius 2 is 1.76 bits per heavy atom. The van der Waals surface area contributed by atoms with Crippen LogP contribution in [0.1, 0.15) is 20.3 Å². The van der Waals surface area contributed by atoms with Crippen LogP contribution in [0, 0.1) is 0 Å². The lowest BCUT2D eigenvalue weighted by molar-refractivity contribution is 0.227. The molecule has 118 valence electrons. The molecule has 0 spiro atoms. The van der Waals surface area contributed by atoms with Gasteiger partial charge < -0.3 is 15.0 Å². The Kier molecular flexibility index (Phi) is 6.33. The van der Waals surface area contributed by atoms with Crippen molar-refractivity contribution in [3.63, 3.8) is 0 Å². The number of hydrogen-bond donors (Lipinski definition) is 1. The van der Waals surface area contributed by atoms with Crippen LogP contribution < -0.4 is 15.0 Å². The zero-order valence-electron chi connectivity index (χ0n) is 13.6. The van der Waals surface area contributed by atoms with Crippen LogP contribution in [-0.4, -0.2) is 57.3 Å². The van der Waals surface area contributed by atoms with Crippen molar-refractivity contribution < 1.29 is 4.74 Å². The first kappa shape index (κ1) is 16.1. The van der Waals surface area contributed by atoms with Crippen molar-refractivity contribution in [1.29, 1.82) is 0 Å². The third-order valence-electron chi connectivity index (χ3n) is 4.27. The van der Waals surface area contributed by atoms with Crippen LogP contribution >= 0.6 is 0 Å². The van der Waals surface area contributed by atoms with E-state index in [1.807, 2.05) is 12.1 Å². The van der Waals surface area contributed by atoms with Gasteiger partial charge in [0.1, 0.15) is 5.75 Å². The minimum Gasteiger partial charge on any atom is -0.497 e. The molecule has 1 N–H and O–H groups in total.